The van der Waals surface area contributed by atoms with Crippen LogP contribution in [0, 0.1) is 0 Å². The zero-order valence-corrected chi connectivity index (χ0v) is 12.3. The van der Waals surface area contributed by atoms with Gasteiger partial charge >= 0.3 is 0 Å². The Morgan fingerprint density at radius 3 is 2.40 bits per heavy atom. The average Bonchev–Trinajstić information content (AvgIpc) is 2.91. The second kappa shape index (κ2) is 5.78. The van der Waals surface area contributed by atoms with Gasteiger partial charge in [0.1, 0.15) is 5.76 Å². The minimum absolute atomic E-state index is 0.118. The van der Waals surface area contributed by atoms with Crippen molar-refractivity contribution in [2.45, 2.75) is 24.4 Å². The first-order chi connectivity index (χ1) is 9.41. The van der Waals surface area contributed by atoms with E-state index in [0.29, 0.717) is 5.76 Å². The normalized spacial score (nSPS) is 13.6. The third kappa shape index (κ3) is 3.09. The van der Waals surface area contributed by atoms with Gasteiger partial charge in [-0.05, 0) is 36.8 Å². The minimum atomic E-state index is -3.53. The van der Waals surface area contributed by atoms with Crippen molar-refractivity contribution >= 4 is 10.0 Å². The van der Waals surface area contributed by atoms with Crippen LogP contribution in [0.3, 0.4) is 0 Å². The predicted octanol–water partition coefficient (Wildman–Crippen LogP) is 2.12. The fourth-order valence-electron chi connectivity index (χ4n) is 1.83. The van der Waals surface area contributed by atoms with E-state index in [-0.39, 0.29) is 17.5 Å². The lowest BCUT2D eigenvalue weighted by Crippen LogP contribution is -2.26. The third-order valence-corrected chi connectivity index (χ3v) is 4.89. The SMILES string of the molecule is CC(N)c1ccc(S(=O)(=O)N(C)Cc2ccco2)cc1. The molecule has 20 heavy (non-hydrogen) atoms. The van der Waals surface area contributed by atoms with E-state index < -0.39 is 10.0 Å². The molecule has 0 amide bonds. The Balaban J connectivity index is 2.21. The summed E-state index contributed by atoms with van der Waals surface area (Å²) in [6, 6.07) is 9.97. The van der Waals surface area contributed by atoms with Crippen LogP contribution in [0.5, 0.6) is 0 Å². The second-order valence-electron chi connectivity index (χ2n) is 4.70. The summed E-state index contributed by atoms with van der Waals surface area (Å²) in [7, 11) is -2.00. The Morgan fingerprint density at radius 1 is 1.25 bits per heavy atom. The molecule has 2 N–H and O–H groups in total. The van der Waals surface area contributed by atoms with Crippen LogP contribution < -0.4 is 5.73 Å². The molecule has 0 bridgehead atoms. The third-order valence-electron chi connectivity index (χ3n) is 3.07. The van der Waals surface area contributed by atoms with E-state index in [9.17, 15) is 8.42 Å². The van der Waals surface area contributed by atoms with Gasteiger partial charge in [-0.15, -0.1) is 0 Å². The van der Waals surface area contributed by atoms with E-state index in [1.165, 1.54) is 17.6 Å². The summed E-state index contributed by atoms with van der Waals surface area (Å²) in [5.41, 5.74) is 6.65. The fraction of sp³-hybridized carbons (Fsp3) is 0.286. The molecule has 0 saturated carbocycles. The van der Waals surface area contributed by atoms with Crippen LogP contribution in [0.1, 0.15) is 24.3 Å². The first-order valence-electron chi connectivity index (χ1n) is 6.25. The number of hydrogen-bond donors (Lipinski definition) is 1. The highest BCUT2D eigenvalue weighted by Gasteiger charge is 2.21. The number of furan rings is 1. The van der Waals surface area contributed by atoms with Crippen molar-refractivity contribution in [3.05, 3.63) is 54.0 Å². The Hall–Kier alpha value is -1.63. The molecule has 0 aliphatic rings. The van der Waals surface area contributed by atoms with Crippen molar-refractivity contribution in [3.8, 4) is 0 Å². The van der Waals surface area contributed by atoms with Gasteiger partial charge in [0.15, 0.2) is 0 Å². The van der Waals surface area contributed by atoms with E-state index in [0.717, 1.165) is 5.56 Å². The number of nitrogens with zero attached hydrogens (tertiary/aromatic N) is 1. The Kier molecular flexibility index (Phi) is 4.27. The summed E-state index contributed by atoms with van der Waals surface area (Å²) < 4.78 is 31.2. The summed E-state index contributed by atoms with van der Waals surface area (Å²) in [6.07, 6.45) is 1.52. The molecular formula is C14H18N2O3S. The molecule has 1 atom stereocenters. The number of rotatable bonds is 5. The van der Waals surface area contributed by atoms with Crippen molar-refractivity contribution < 1.29 is 12.8 Å². The van der Waals surface area contributed by atoms with Crippen molar-refractivity contribution in [2.24, 2.45) is 5.73 Å². The molecule has 1 aromatic carbocycles. The molecule has 0 aliphatic carbocycles. The topological polar surface area (TPSA) is 76.5 Å². The van der Waals surface area contributed by atoms with Gasteiger partial charge < -0.3 is 10.2 Å². The highest BCUT2D eigenvalue weighted by molar-refractivity contribution is 7.89. The average molecular weight is 294 g/mol. The number of sulfonamides is 1. The van der Waals surface area contributed by atoms with Gasteiger partial charge in [-0.3, -0.25) is 0 Å². The van der Waals surface area contributed by atoms with E-state index in [1.54, 1.807) is 36.4 Å². The summed E-state index contributed by atoms with van der Waals surface area (Å²) in [4.78, 5) is 0.246. The largest absolute Gasteiger partial charge is 0.468 e. The molecule has 0 saturated heterocycles. The lowest BCUT2D eigenvalue weighted by molar-refractivity contribution is 0.406. The maximum Gasteiger partial charge on any atom is 0.243 e. The first-order valence-corrected chi connectivity index (χ1v) is 7.69. The molecule has 0 spiro atoms. The maximum atomic E-state index is 12.4. The molecule has 6 heteroatoms. The van der Waals surface area contributed by atoms with Crippen LogP contribution in [0.25, 0.3) is 0 Å². The Labute approximate surface area is 119 Å². The Bertz CT molecular complexity index is 646. The van der Waals surface area contributed by atoms with E-state index in [1.807, 2.05) is 6.92 Å². The molecule has 1 aromatic heterocycles. The van der Waals surface area contributed by atoms with Crippen LogP contribution >= 0.6 is 0 Å². The standard InChI is InChI=1S/C14H18N2O3S/c1-11(15)12-5-7-14(8-6-12)20(17,18)16(2)10-13-4-3-9-19-13/h3-9,11H,10,15H2,1-2H3. The lowest BCUT2D eigenvalue weighted by Gasteiger charge is -2.16. The summed E-state index contributed by atoms with van der Waals surface area (Å²) in [5.74, 6) is 0.600. The van der Waals surface area contributed by atoms with Crippen molar-refractivity contribution in [1.82, 2.24) is 4.31 Å². The van der Waals surface area contributed by atoms with Crippen molar-refractivity contribution in [2.75, 3.05) is 7.05 Å². The summed E-state index contributed by atoms with van der Waals surface area (Å²) in [5, 5.41) is 0. The zero-order valence-electron chi connectivity index (χ0n) is 11.5. The quantitative estimate of drug-likeness (QED) is 0.916. The monoisotopic (exact) mass is 294 g/mol. The van der Waals surface area contributed by atoms with Crippen LogP contribution in [0.4, 0.5) is 0 Å². The van der Waals surface area contributed by atoms with Gasteiger partial charge in [0.05, 0.1) is 17.7 Å². The smallest absolute Gasteiger partial charge is 0.243 e. The van der Waals surface area contributed by atoms with Crippen molar-refractivity contribution in [3.63, 3.8) is 0 Å². The van der Waals surface area contributed by atoms with Crippen LogP contribution in [0.2, 0.25) is 0 Å². The number of nitrogens with two attached hydrogens (primary N) is 1. The molecular weight excluding hydrogens is 276 g/mol. The number of hydrogen-bond acceptors (Lipinski definition) is 4. The van der Waals surface area contributed by atoms with Crippen LogP contribution in [-0.4, -0.2) is 19.8 Å². The van der Waals surface area contributed by atoms with Gasteiger partial charge in [-0.25, -0.2) is 8.42 Å². The van der Waals surface area contributed by atoms with E-state index in [4.69, 9.17) is 10.2 Å². The molecule has 108 valence electrons. The Morgan fingerprint density at radius 2 is 1.90 bits per heavy atom. The molecule has 0 radical (unpaired) electrons. The van der Waals surface area contributed by atoms with Gasteiger partial charge in [-0.1, -0.05) is 12.1 Å². The van der Waals surface area contributed by atoms with Gasteiger partial charge in [-0.2, -0.15) is 4.31 Å². The summed E-state index contributed by atoms with van der Waals surface area (Å²) >= 11 is 0. The zero-order chi connectivity index (χ0) is 14.8. The van der Waals surface area contributed by atoms with Gasteiger partial charge in [0.25, 0.3) is 0 Å². The predicted molar refractivity (Wildman–Crippen MR) is 76.4 cm³/mol. The maximum absolute atomic E-state index is 12.4. The van der Waals surface area contributed by atoms with E-state index in [2.05, 4.69) is 0 Å². The van der Waals surface area contributed by atoms with Crippen molar-refractivity contribution in [1.29, 1.82) is 0 Å². The minimum Gasteiger partial charge on any atom is -0.468 e. The summed E-state index contributed by atoms with van der Waals surface area (Å²) in [6.45, 7) is 2.05. The fourth-order valence-corrected chi connectivity index (χ4v) is 2.97. The van der Waals surface area contributed by atoms with Crippen LogP contribution in [-0.2, 0) is 16.6 Å². The molecule has 2 rings (SSSR count). The van der Waals surface area contributed by atoms with Gasteiger partial charge in [0, 0.05) is 13.1 Å². The van der Waals surface area contributed by atoms with E-state index >= 15 is 0 Å². The van der Waals surface area contributed by atoms with Gasteiger partial charge in [0.2, 0.25) is 10.0 Å². The number of benzene rings is 1. The first kappa shape index (κ1) is 14.8. The molecule has 5 nitrogen and oxygen atoms in total. The molecule has 1 heterocycles. The molecule has 0 fully saturated rings. The second-order valence-corrected chi connectivity index (χ2v) is 6.74. The highest BCUT2D eigenvalue weighted by atomic mass is 32.2. The highest BCUT2D eigenvalue weighted by Crippen LogP contribution is 2.19. The molecule has 2 aromatic rings. The molecule has 1 unspecified atom stereocenters. The molecule has 0 aliphatic heterocycles. The van der Waals surface area contributed by atoms with Crippen LogP contribution in [0.15, 0.2) is 52.0 Å². The lowest BCUT2D eigenvalue weighted by atomic mass is 10.1.